The van der Waals surface area contributed by atoms with Crippen LogP contribution in [0.4, 0.5) is 10.1 Å². The number of hydrogen-bond acceptors (Lipinski definition) is 5. The molecule has 1 aliphatic heterocycles. The zero-order valence-corrected chi connectivity index (χ0v) is 20.0. The highest BCUT2D eigenvalue weighted by atomic mass is 19.1. The number of aromatic nitrogens is 2. The second-order valence-corrected chi connectivity index (χ2v) is 8.82. The maximum Gasteiger partial charge on any atom is 0.270 e. The minimum atomic E-state index is -0.799. The van der Waals surface area contributed by atoms with E-state index in [4.69, 9.17) is 5.73 Å². The minimum Gasteiger partial charge on any atom is -0.364 e. The van der Waals surface area contributed by atoms with Gasteiger partial charge in [-0.25, -0.2) is 9.37 Å². The van der Waals surface area contributed by atoms with E-state index < -0.39 is 17.6 Å². The van der Waals surface area contributed by atoms with Crippen LogP contribution in [0.3, 0.4) is 0 Å². The van der Waals surface area contributed by atoms with Crippen LogP contribution < -0.4 is 16.4 Å². The molecule has 1 fully saturated rings. The molecule has 4 N–H and O–H groups in total. The third-order valence-electron chi connectivity index (χ3n) is 6.35. The number of nitrogens with one attached hydrogen (secondary N) is 2. The van der Waals surface area contributed by atoms with Crippen LogP contribution in [0, 0.1) is 5.82 Å². The van der Waals surface area contributed by atoms with Crippen LogP contribution in [0.15, 0.2) is 54.9 Å². The van der Waals surface area contributed by atoms with Gasteiger partial charge in [-0.1, -0.05) is 6.42 Å². The molecule has 0 bridgehead atoms. The van der Waals surface area contributed by atoms with Crippen molar-refractivity contribution in [1.82, 2.24) is 19.8 Å². The summed E-state index contributed by atoms with van der Waals surface area (Å²) in [7, 11) is 0. The van der Waals surface area contributed by atoms with Gasteiger partial charge in [-0.05, 0) is 74.8 Å². The number of nitrogens with two attached hydrogens (primary N) is 1. The van der Waals surface area contributed by atoms with Gasteiger partial charge in [0.2, 0.25) is 0 Å². The summed E-state index contributed by atoms with van der Waals surface area (Å²) in [5.41, 5.74) is 6.80. The van der Waals surface area contributed by atoms with Crippen molar-refractivity contribution >= 4 is 23.4 Å². The first-order chi connectivity index (χ1) is 17.3. The van der Waals surface area contributed by atoms with Gasteiger partial charge in [0.05, 0.1) is 0 Å². The fourth-order valence-electron chi connectivity index (χ4n) is 4.34. The van der Waals surface area contributed by atoms with E-state index in [0.717, 1.165) is 25.9 Å². The van der Waals surface area contributed by atoms with Crippen molar-refractivity contribution in [2.24, 2.45) is 5.73 Å². The molecule has 0 spiro atoms. The Kier molecular flexibility index (Phi) is 7.74. The highest BCUT2D eigenvalue weighted by molar-refractivity contribution is 6.05. The summed E-state index contributed by atoms with van der Waals surface area (Å²) in [6, 6.07) is 12.4. The number of amides is 3. The maximum atomic E-state index is 13.1. The van der Waals surface area contributed by atoms with E-state index in [0.29, 0.717) is 29.5 Å². The molecule has 2 aromatic carbocycles. The summed E-state index contributed by atoms with van der Waals surface area (Å²) < 4.78 is 14.6. The van der Waals surface area contributed by atoms with Crippen LogP contribution in [0.5, 0.6) is 0 Å². The number of rotatable bonds is 8. The Balaban J connectivity index is 1.46. The van der Waals surface area contributed by atoms with Gasteiger partial charge in [0.1, 0.15) is 17.8 Å². The Bertz CT molecular complexity index is 1240. The highest BCUT2D eigenvalue weighted by Crippen LogP contribution is 2.19. The molecule has 3 aromatic rings. The molecule has 1 atom stereocenters. The van der Waals surface area contributed by atoms with Gasteiger partial charge in [-0.3, -0.25) is 23.9 Å². The molecule has 0 radical (unpaired) electrons. The molecule has 3 amide bonds. The number of halogens is 1. The van der Waals surface area contributed by atoms with E-state index in [1.807, 2.05) is 0 Å². The number of carbonyl (C=O) groups is 3. The predicted molar refractivity (Wildman–Crippen MR) is 134 cm³/mol. The lowest BCUT2D eigenvalue weighted by Gasteiger charge is -2.33. The summed E-state index contributed by atoms with van der Waals surface area (Å²) in [5, 5.41) is 5.62. The van der Waals surface area contributed by atoms with E-state index in [9.17, 15) is 18.8 Å². The van der Waals surface area contributed by atoms with Gasteiger partial charge in [-0.2, -0.15) is 0 Å². The smallest absolute Gasteiger partial charge is 0.270 e. The van der Waals surface area contributed by atoms with Crippen LogP contribution >= 0.6 is 0 Å². The lowest BCUT2D eigenvalue weighted by molar-refractivity contribution is 0.0916. The Labute approximate surface area is 208 Å². The number of piperidine rings is 1. The molecule has 1 unspecified atom stereocenters. The van der Waals surface area contributed by atoms with Gasteiger partial charge < -0.3 is 16.4 Å². The fourth-order valence-corrected chi connectivity index (χ4v) is 4.34. The SMILES string of the molecule is CC1CCCCN1CCNC(=O)c1c(C(N)=O)ncn1-c1ccc(NC(=O)c2ccc(F)cc2)cc1. The van der Waals surface area contributed by atoms with Crippen molar-refractivity contribution < 1.29 is 18.8 Å². The van der Waals surface area contributed by atoms with Crippen LogP contribution in [0.25, 0.3) is 5.69 Å². The average molecular weight is 493 g/mol. The molecule has 4 rings (SSSR count). The third kappa shape index (κ3) is 5.77. The van der Waals surface area contributed by atoms with E-state index in [-0.39, 0.29) is 17.3 Å². The summed E-state index contributed by atoms with van der Waals surface area (Å²) in [4.78, 5) is 43.8. The molecule has 2 heterocycles. The molecule has 36 heavy (non-hydrogen) atoms. The van der Waals surface area contributed by atoms with Crippen LogP contribution in [-0.2, 0) is 0 Å². The molecule has 1 aromatic heterocycles. The van der Waals surface area contributed by atoms with Crippen LogP contribution in [0.2, 0.25) is 0 Å². The number of likely N-dealkylation sites (tertiary alicyclic amines) is 1. The molecular formula is C26H29FN6O3. The molecule has 188 valence electrons. The van der Waals surface area contributed by atoms with Gasteiger partial charge in [0, 0.05) is 36.1 Å². The second-order valence-electron chi connectivity index (χ2n) is 8.82. The number of hydrogen-bond donors (Lipinski definition) is 3. The van der Waals surface area contributed by atoms with Crippen LogP contribution in [-0.4, -0.2) is 57.8 Å². The number of primary amides is 1. The van der Waals surface area contributed by atoms with Crippen molar-refractivity contribution in [2.45, 2.75) is 32.2 Å². The summed E-state index contributed by atoms with van der Waals surface area (Å²) in [5.74, 6) is -2.05. The van der Waals surface area contributed by atoms with Gasteiger partial charge in [0.25, 0.3) is 17.7 Å². The average Bonchev–Trinajstić information content (AvgIpc) is 3.32. The lowest BCUT2D eigenvalue weighted by atomic mass is 10.0. The minimum absolute atomic E-state index is 0.0530. The second kappa shape index (κ2) is 11.1. The zero-order valence-electron chi connectivity index (χ0n) is 20.0. The first-order valence-corrected chi connectivity index (χ1v) is 11.9. The zero-order chi connectivity index (χ0) is 25.7. The Morgan fingerprint density at radius 3 is 2.44 bits per heavy atom. The third-order valence-corrected chi connectivity index (χ3v) is 6.35. The van der Waals surface area contributed by atoms with Crippen molar-refractivity contribution in [3.05, 3.63) is 77.6 Å². The van der Waals surface area contributed by atoms with Gasteiger partial charge >= 0.3 is 0 Å². The van der Waals surface area contributed by atoms with E-state index in [1.165, 1.54) is 41.6 Å². The predicted octanol–water partition coefficient (Wildman–Crippen LogP) is 2.97. The molecule has 1 aliphatic rings. The first kappa shape index (κ1) is 25.1. The maximum absolute atomic E-state index is 13.1. The number of anilines is 1. The van der Waals surface area contributed by atoms with Crippen molar-refractivity contribution in [3.8, 4) is 5.69 Å². The number of benzene rings is 2. The standard InChI is InChI=1S/C26H29FN6O3/c1-17-4-2-3-14-32(17)15-13-29-26(36)23-22(24(28)34)30-16-33(23)21-11-9-20(10-12-21)31-25(35)18-5-7-19(27)8-6-18/h5-12,16-17H,2-4,13-15H2,1H3,(H2,28,34)(H,29,36)(H,31,35). The van der Waals surface area contributed by atoms with Crippen LogP contribution in [0.1, 0.15) is 57.5 Å². The van der Waals surface area contributed by atoms with E-state index in [1.54, 1.807) is 24.3 Å². The summed E-state index contributed by atoms with van der Waals surface area (Å²) in [6.07, 6.45) is 4.89. The Morgan fingerprint density at radius 2 is 1.78 bits per heavy atom. The Hall–Kier alpha value is -4.05. The number of nitrogens with zero attached hydrogens (tertiary/aromatic N) is 3. The Morgan fingerprint density at radius 1 is 1.06 bits per heavy atom. The molecule has 10 heteroatoms. The molecular weight excluding hydrogens is 463 g/mol. The normalized spacial score (nSPS) is 15.9. The lowest BCUT2D eigenvalue weighted by Crippen LogP contribution is -2.42. The highest BCUT2D eigenvalue weighted by Gasteiger charge is 2.24. The molecule has 0 saturated carbocycles. The molecule has 0 aliphatic carbocycles. The van der Waals surface area contributed by atoms with E-state index >= 15 is 0 Å². The topological polar surface area (TPSA) is 122 Å². The largest absolute Gasteiger partial charge is 0.364 e. The van der Waals surface area contributed by atoms with Crippen molar-refractivity contribution in [2.75, 3.05) is 25.0 Å². The quantitative estimate of drug-likeness (QED) is 0.446. The van der Waals surface area contributed by atoms with Crippen molar-refractivity contribution in [3.63, 3.8) is 0 Å². The number of imidazole rings is 1. The first-order valence-electron chi connectivity index (χ1n) is 11.9. The van der Waals surface area contributed by atoms with E-state index in [2.05, 4.69) is 27.4 Å². The summed E-state index contributed by atoms with van der Waals surface area (Å²) in [6.45, 7) is 4.34. The summed E-state index contributed by atoms with van der Waals surface area (Å²) >= 11 is 0. The molecule has 9 nitrogen and oxygen atoms in total. The molecule has 1 saturated heterocycles. The van der Waals surface area contributed by atoms with Gasteiger partial charge in [0.15, 0.2) is 5.69 Å². The van der Waals surface area contributed by atoms with Crippen molar-refractivity contribution in [1.29, 1.82) is 0 Å². The fraction of sp³-hybridized carbons (Fsp3) is 0.308. The van der Waals surface area contributed by atoms with Gasteiger partial charge in [-0.15, -0.1) is 0 Å². The number of carbonyl (C=O) groups excluding carboxylic acids is 3. The monoisotopic (exact) mass is 492 g/mol.